The minimum Gasteiger partial charge on any atom is -0.456 e. The molecule has 0 saturated heterocycles. The van der Waals surface area contributed by atoms with Crippen LogP contribution in [0.5, 0.6) is 11.5 Å². The molecular weight excluding hydrogens is 715 g/mol. The van der Waals surface area contributed by atoms with Gasteiger partial charge in [0.05, 0.1) is 11.1 Å². The minimum absolute atomic E-state index is 0.588. The van der Waals surface area contributed by atoms with Crippen molar-refractivity contribution >= 4 is 27.8 Å². The summed E-state index contributed by atoms with van der Waals surface area (Å²) in [5.74, 6) is 1.83. The highest BCUT2D eigenvalue weighted by atomic mass is 16.5. The maximum atomic E-state index is 6.94. The maximum Gasteiger partial charge on any atom is 0.140 e. The van der Waals surface area contributed by atoms with Gasteiger partial charge in [-0.1, -0.05) is 164 Å². The number of benzene rings is 9. The van der Waals surface area contributed by atoms with Crippen molar-refractivity contribution in [1.29, 1.82) is 0 Å². The van der Waals surface area contributed by atoms with Crippen LogP contribution in [-0.4, -0.2) is 0 Å². The normalized spacial score (nSPS) is 15.7. The van der Waals surface area contributed by atoms with Crippen molar-refractivity contribution in [2.45, 2.75) is 31.1 Å². The summed E-state index contributed by atoms with van der Waals surface area (Å²) in [6, 6.07) is 73.8. The fourth-order valence-electron chi connectivity index (χ4n) is 10.5. The van der Waals surface area contributed by atoms with E-state index in [9.17, 15) is 0 Å². The van der Waals surface area contributed by atoms with Gasteiger partial charge in [-0.15, -0.1) is 0 Å². The third-order valence-electron chi connectivity index (χ3n) is 13.1. The second-order valence-corrected chi connectivity index (χ2v) is 16.2. The zero-order valence-electron chi connectivity index (χ0n) is 32.7. The van der Waals surface area contributed by atoms with Crippen molar-refractivity contribution in [3.8, 4) is 44.9 Å². The molecule has 1 atom stereocenters. The SMILES string of the molecule is c1ccc(-c2ccc(N(c3ccc(-c4cccc5c4CCCC5)cc3)c3cccc4c3-c3ccccc3C43c4ccccc4Oc4c3ccc3ccccc43)cc2)cc1. The smallest absolute Gasteiger partial charge is 0.140 e. The van der Waals surface area contributed by atoms with Crippen LogP contribution in [-0.2, 0) is 18.3 Å². The molecule has 1 unspecified atom stereocenters. The van der Waals surface area contributed by atoms with Crippen LogP contribution in [0.25, 0.3) is 44.2 Å². The standard InChI is InChI=1S/C57H41NO/c1-2-14-38(15-3-1)39-28-33-43(34-29-39)58(44-35-30-42(31-36-44)46-22-12-18-40-16-4-6-19-45(40)46)53-26-13-25-51-55(53)48-21-8-9-23-49(48)57(51)50-24-10-11-27-54(50)59-56-47-20-7-5-17-41(47)32-37-52(56)57/h1-3,5,7-15,17-18,20-37H,4,6,16,19H2. The molecule has 0 saturated carbocycles. The average molecular weight is 756 g/mol. The fraction of sp³-hybridized carbons (Fsp3) is 0.0877. The molecule has 3 aliphatic rings. The van der Waals surface area contributed by atoms with Gasteiger partial charge in [-0.2, -0.15) is 0 Å². The number of rotatable bonds is 5. The van der Waals surface area contributed by atoms with Crippen LogP contribution in [0.4, 0.5) is 17.1 Å². The molecular formula is C57H41NO. The summed E-state index contributed by atoms with van der Waals surface area (Å²) >= 11 is 0. The molecule has 1 heterocycles. The van der Waals surface area contributed by atoms with Crippen molar-refractivity contribution in [1.82, 2.24) is 0 Å². The fourth-order valence-corrected chi connectivity index (χ4v) is 10.5. The first-order valence-electron chi connectivity index (χ1n) is 21.0. The lowest BCUT2D eigenvalue weighted by Crippen LogP contribution is -2.32. The van der Waals surface area contributed by atoms with E-state index in [-0.39, 0.29) is 0 Å². The van der Waals surface area contributed by atoms with Gasteiger partial charge >= 0.3 is 0 Å². The quantitative estimate of drug-likeness (QED) is 0.173. The van der Waals surface area contributed by atoms with Crippen molar-refractivity contribution in [3.63, 3.8) is 0 Å². The summed E-state index contributed by atoms with van der Waals surface area (Å²) in [7, 11) is 0. The molecule has 2 heteroatoms. The predicted molar refractivity (Wildman–Crippen MR) is 244 cm³/mol. The second-order valence-electron chi connectivity index (χ2n) is 16.2. The lowest BCUT2D eigenvalue weighted by atomic mass is 9.65. The molecule has 0 amide bonds. The molecule has 2 aliphatic carbocycles. The lowest BCUT2D eigenvalue weighted by Gasteiger charge is -2.40. The predicted octanol–water partition coefficient (Wildman–Crippen LogP) is 15.0. The van der Waals surface area contributed by atoms with Gasteiger partial charge in [0.25, 0.3) is 0 Å². The van der Waals surface area contributed by atoms with Crippen LogP contribution in [0, 0.1) is 0 Å². The van der Waals surface area contributed by atoms with Gasteiger partial charge in [0.2, 0.25) is 0 Å². The number of hydrogen-bond donors (Lipinski definition) is 0. The van der Waals surface area contributed by atoms with E-state index in [4.69, 9.17) is 4.74 Å². The molecule has 9 aromatic rings. The van der Waals surface area contributed by atoms with E-state index in [1.807, 2.05) is 0 Å². The van der Waals surface area contributed by atoms with Gasteiger partial charge in [-0.3, -0.25) is 0 Å². The summed E-state index contributed by atoms with van der Waals surface area (Å²) in [6.45, 7) is 0. The molecule has 0 N–H and O–H groups in total. The summed E-state index contributed by atoms with van der Waals surface area (Å²) in [4.78, 5) is 2.47. The van der Waals surface area contributed by atoms with E-state index < -0.39 is 5.41 Å². The Balaban J connectivity index is 1.10. The Kier molecular flexibility index (Phi) is 7.74. The number of ether oxygens (including phenoxy) is 1. The largest absolute Gasteiger partial charge is 0.456 e. The number of anilines is 3. The van der Waals surface area contributed by atoms with Crippen LogP contribution in [0.3, 0.4) is 0 Å². The Morgan fingerprint density at radius 1 is 0.424 bits per heavy atom. The Morgan fingerprint density at radius 2 is 1.07 bits per heavy atom. The number of aryl methyl sites for hydroxylation is 1. The van der Waals surface area contributed by atoms with E-state index in [2.05, 4.69) is 205 Å². The first kappa shape index (κ1) is 33.9. The highest BCUT2D eigenvalue weighted by molar-refractivity contribution is 6.00. The molecule has 0 fully saturated rings. The zero-order chi connectivity index (χ0) is 38.9. The monoisotopic (exact) mass is 755 g/mol. The number of para-hydroxylation sites is 1. The van der Waals surface area contributed by atoms with E-state index in [0.717, 1.165) is 40.4 Å². The van der Waals surface area contributed by atoms with Crippen LogP contribution in [0.15, 0.2) is 200 Å². The van der Waals surface area contributed by atoms with E-state index in [1.165, 1.54) is 91.4 Å². The second kappa shape index (κ2) is 13.5. The molecule has 0 radical (unpaired) electrons. The molecule has 0 bridgehead atoms. The average Bonchev–Trinajstić information content (AvgIpc) is 3.61. The van der Waals surface area contributed by atoms with Crippen molar-refractivity contribution in [3.05, 3.63) is 234 Å². The molecule has 9 aromatic carbocycles. The van der Waals surface area contributed by atoms with E-state index >= 15 is 0 Å². The topological polar surface area (TPSA) is 12.5 Å². The third-order valence-corrected chi connectivity index (χ3v) is 13.1. The molecule has 59 heavy (non-hydrogen) atoms. The summed E-state index contributed by atoms with van der Waals surface area (Å²) in [5, 5.41) is 2.30. The maximum absolute atomic E-state index is 6.94. The first-order valence-corrected chi connectivity index (χ1v) is 21.0. The van der Waals surface area contributed by atoms with Gasteiger partial charge in [-0.05, 0) is 118 Å². The van der Waals surface area contributed by atoms with E-state index in [1.54, 1.807) is 0 Å². The Hall–Kier alpha value is -7.16. The molecule has 1 aliphatic heterocycles. The summed E-state index contributed by atoms with van der Waals surface area (Å²) < 4.78 is 6.94. The van der Waals surface area contributed by atoms with Gasteiger partial charge < -0.3 is 9.64 Å². The first-order chi connectivity index (χ1) is 29.3. The highest BCUT2D eigenvalue weighted by Gasteiger charge is 2.52. The van der Waals surface area contributed by atoms with Crippen LogP contribution in [0.1, 0.15) is 46.2 Å². The van der Waals surface area contributed by atoms with Crippen molar-refractivity contribution < 1.29 is 4.74 Å². The van der Waals surface area contributed by atoms with Crippen LogP contribution >= 0.6 is 0 Å². The van der Waals surface area contributed by atoms with Crippen LogP contribution < -0.4 is 9.64 Å². The summed E-state index contributed by atoms with van der Waals surface area (Å²) in [6.07, 6.45) is 4.86. The summed E-state index contributed by atoms with van der Waals surface area (Å²) in [5.41, 5.74) is 18.2. The zero-order valence-corrected chi connectivity index (χ0v) is 32.7. The van der Waals surface area contributed by atoms with Crippen molar-refractivity contribution in [2.75, 3.05) is 4.90 Å². The van der Waals surface area contributed by atoms with Gasteiger partial charge in [0.1, 0.15) is 11.5 Å². The Labute approximate surface area is 345 Å². The van der Waals surface area contributed by atoms with Gasteiger partial charge in [0.15, 0.2) is 0 Å². The number of hydrogen-bond acceptors (Lipinski definition) is 2. The molecule has 280 valence electrons. The van der Waals surface area contributed by atoms with Crippen molar-refractivity contribution in [2.24, 2.45) is 0 Å². The molecule has 0 aromatic heterocycles. The minimum atomic E-state index is -0.588. The third kappa shape index (κ3) is 5.12. The number of fused-ring (bicyclic) bond motifs is 12. The van der Waals surface area contributed by atoms with Crippen LogP contribution in [0.2, 0.25) is 0 Å². The Morgan fingerprint density at radius 3 is 1.92 bits per heavy atom. The van der Waals surface area contributed by atoms with Gasteiger partial charge in [-0.25, -0.2) is 0 Å². The Bertz CT molecular complexity index is 3070. The van der Waals surface area contributed by atoms with Gasteiger partial charge in [0, 0.05) is 33.5 Å². The van der Waals surface area contributed by atoms with E-state index in [0.29, 0.717) is 0 Å². The molecule has 1 spiro atoms. The molecule has 2 nitrogen and oxygen atoms in total. The molecule has 12 rings (SSSR count). The highest BCUT2D eigenvalue weighted by Crippen LogP contribution is 2.64. The lowest BCUT2D eigenvalue weighted by molar-refractivity contribution is 0.441. The number of nitrogens with zero attached hydrogens (tertiary/aromatic N) is 1.